The molecule has 2 rings (SSSR count). The number of carboxylic acids is 1. The summed E-state index contributed by atoms with van der Waals surface area (Å²) in [6.45, 7) is 2.53. The van der Waals surface area contributed by atoms with Crippen LogP contribution in [0.1, 0.15) is 37.9 Å². The second-order valence-electron chi connectivity index (χ2n) is 4.38. The second kappa shape index (κ2) is 5.27. The minimum absolute atomic E-state index is 0.0379. The maximum Gasteiger partial charge on any atom is 0.317 e. The van der Waals surface area contributed by atoms with Crippen LogP contribution < -0.4 is 0 Å². The van der Waals surface area contributed by atoms with E-state index in [-0.39, 0.29) is 6.54 Å². The van der Waals surface area contributed by atoms with Gasteiger partial charge >= 0.3 is 5.97 Å². The zero-order valence-electron chi connectivity index (χ0n) is 9.93. The Morgan fingerprint density at radius 2 is 2.35 bits per heavy atom. The lowest BCUT2D eigenvalue weighted by Gasteiger charge is -2.16. The number of aryl methyl sites for hydroxylation is 1. The predicted molar refractivity (Wildman–Crippen MR) is 59.4 cm³/mol. The smallest absolute Gasteiger partial charge is 0.317 e. The molecule has 0 unspecified atom stereocenters. The van der Waals surface area contributed by atoms with Crippen molar-refractivity contribution in [1.82, 2.24) is 15.0 Å². The summed E-state index contributed by atoms with van der Waals surface area (Å²) in [5.41, 5.74) is 0. The minimum Gasteiger partial charge on any atom is -0.480 e. The normalized spacial score (nSPS) is 15.4. The van der Waals surface area contributed by atoms with Crippen molar-refractivity contribution in [2.45, 2.75) is 45.2 Å². The third-order valence-corrected chi connectivity index (χ3v) is 2.72. The van der Waals surface area contributed by atoms with Crippen LogP contribution in [-0.4, -0.2) is 38.7 Å². The van der Waals surface area contributed by atoms with Gasteiger partial charge < -0.3 is 9.63 Å². The van der Waals surface area contributed by atoms with Gasteiger partial charge in [0.15, 0.2) is 5.82 Å². The monoisotopic (exact) mass is 239 g/mol. The SMILES string of the molecule is CCCc1noc(CN(CC(=O)O)C2CC2)n1. The van der Waals surface area contributed by atoms with Crippen molar-refractivity contribution >= 4 is 5.97 Å². The topological polar surface area (TPSA) is 79.5 Å². The van der Waals surface area contributed by atoms with Crippen LogP contribution in [0.3, 0.4) is 0 Å². The molecule has 1 aromatic rings. The quantitative estimate of drug-likeness (QED) is 0.766. The number of aromatic nitrogens is 2. The van der Waals surface area contributed by atoms with Crippen LogP contribution >= 0.6 is 0 Å². The van der Waals surface area contributed by atoms with Gasteiger partial charge in [0.05, 0.1) is 13.1 Å². The lowest BCUT2D eigenvalue weighted by Crippen LogP contribution is -2.31. The van der Waals surface area contributed by atoms with Gasteiger partial charge in [-0.1, -0.05) is 12.1 Å². The van der Waals surface area contributed by atoms with Crippen LogP contribution in [0.15, 0.2) is 4.52 Å². The molecule has 6 nitrogen and oxygen atoms in total. The highest BCUT2D eigenvalue weighted by molar-refractivity contribution is 5.69. The van der Waals surface area contributed by atoms with Crippen LogP contribution in [-0.2, 0) is 17.8 Å². The Kier molecular flexibility index (Phi) is 3.73. The van der Waals surface area contributed by atoms with E-state index in [4.69, 9.17) is 9.63 Å². The lowest BCUT2D eigenvalue weighted by atomic mass is 10.3. The molecule has 0 aromatic carbocycles. The highest BCUT2D eigenvalue weighted by Gasteiger charge is 2.31. The van der Waals surface area contributed by atoms with Gasteiger partial charge in [0, 0.05) is 12.5 Å². The summed E-state index contributed by atoms with van der Waals surface area (Å²) < 4.78 is 5.11. The molecule has 1 heterocycles. The van der Waals surface area contributed by atoms with Crippen molar-refractivity contribution in [3.63, 3.8) is 0 Å². The zero-order valence-corrected chi connectivity index (χ0v) is 9.93. The predicted octanol–water partition coefficient (Wildman–Crippen LogP) is 1.07. The molecule has 1 aromatic heterocycles. The van der Waals surface area contributed by atoms with Gasteiger partial charge in [0.2, 0.25) is 5.89 Å². The van der Waals surface area contributed by atoms with Crippen LogP contribution in [0.2, 0.25) is 0 Å². The van der Waals surface area contributed by atoms with Gasteiger partial charge in [0.1, 0.15) is 0 Å². The molecule has 0 atom stereocenters. The standard InChI is InChI=1S/C11H17N3O3/c1-2-3-9-12-10(17-13-9)6-14(7-11(15)16)8-4-5-8/h8H,2-7H2,1H3,(H,15,16). The fourth-order valence-corrected chi connectivity index (χ4v) is 1.78. The fourth-order valence-electron chi connectivity index (χ4n) is 1.78. The molecule has 0 bridgehead atoms. The molecule has 0 saturated heterocycles. The number of aliphatic carboxylic acids is 1. The Labute approximate surface area is 99.6 Å². The molecule has 94 valence electrons. The molecule has 0 spiro atoms. The third-order valence-electron chi connectivity index (χ3n) is 2.72. The summed E-state index contributed by atoms with van der Waals surface area (Å²) >= 11 is 0. The van der Waals surface area contributed by atoms with E-state index in [1.54, 1.807) is 0 Å². The van der Waals surface area contributed by atoms with Crippen molar-refractivity contribution in [3.05, 3.63) is 11.7 Å². The third kappa shape index (κ3) is 3.52. The molecular formula is C11H17N3O3. The molecule has 1 N–H and O–H groups in total. The number of carboxylic acid groups (broad SMARTS) is 1. The van der Waals surface area contributed by atoms with Crippen LogP contribution in [0.25, 0.3) is 0 Å². The summed E-state index contributed by atoms with van der Waals surface area (Å²) in [7, 11) is 0. The van der Waals surface area contributed by atoms with Crippen LogP contribution in [0, 0.1) is 0 Å². The Morgan fingerprint density at radius 3 is 2.94 bits per heavy atom. The van der Waals surface area contributed by atoms with E-state index in [1.165, 1.54) is 0 Å². The van der Waals surface area contributed by atoms with Gasteiger partial charge in [0.25, 0.3) is 0 Å². The lowest BCUT2D eigenvalue weighted by molar-refractivity contribution is -0.138. The van der Waals surface area contributed by atoms with E-state index in [0.717, 1.165) is 25.7 Å². The fraction of sp³-hybridized carbons (Fsp3) is 0.727. The van der Waals surface area contributed by atoms with Gasteiger partial charge in [-0.25, -0.2) is 0 Å². The van der Waals surface area contributed by atoms with Gasteiger partial charge in [-0.15, -0.1) is 0 Å². The molecule has 1 fully saturated rings. The highest BCUT2D eigenvalue weighted by Crippen LogP contribution is 2.27. The zero-order chi connectivity index (χ0) is 12.3. The van der Waals surface area contributed by atoms with Crippen molar-refractivity contribution in [2.75, 3.05) is 6.54 Å². The Balaban J connectivity index is 1.93. The largest absolute Gasteiger partial charge is 0.480 e. The van der Waals surface area contributed by atoms with Crippen LogP contribution in [0.4, 0.5) is 0 Å². The van der Waals surface area contributed by atoms with E-state index in [2.05, 4.69) is 17.1 Å². The van der Waals surface area contributed by atoms with Crippen LogP contribution in [0.5, 0.6) is 0 Å². The van der Waals surface area contributed by atoms with E-state index >= 15 is 0 Å². The van der Waals surface area contributed by atoms with E-state index in [1.807, 2.05) is 4.90 Å². The number of carbonyl (C=O) groups is 1. The summed E-state index contributed by atoms with van der Waals surface area (Å²) in [5, 5.41) is 12.7. The Hall–Kier alpha value is -1.43. The molecule has 0 aliphatic heterocycles. The highest BCUT2D eigenvalue weighted by atomic mass is 16.5. The molecule has 1 saturated carbocycles. The maximum absolute atomic E-state index is 10.7. The molecule has 6 heteroatoms. The van der Waals surface area contributed by atoms with Crippen molar-refractivity contribution in [3.8, 4) is 0 Å². The van der Waals surface area contributed by atoms with Crippen molar-refractivity contribution in [2.24, 2.45) is 0 Å². The number of rotatable bonds is 7. The molecule has 17 heavy (non-hydrogen) atoms. The average Bonchev–Trinajstić information content (AvgIpc) is 3.01. The first-order valence-electron chi connectivity index (χ1n) is 5.96. The number of hydrogen-bond donors (Lipinski definition) is 1. The van der Waals surface area contributed by atoms with Crippen molar-refractivity contribution < 1.29 is 14.4 Å². The molecular weight excluding hydrogens is 222 g/mol. The maximum atomic E-state index is 10.7. The second-order valence-corrected chi connectivity index (χ2v) is 4.38. The minimum atomic E-state index is -0.815. The summed E-state index contributed by atoms with van der Waals surface area (Å²) in [5.74, 6) is 0.403. The van der Waals surface area contributed by atoms with E-state index in [0.29, 0.717) is 24.3 Å². The van der Waals surface area contributed by atoms with Gasteiger partial charge in [-0.3, -0.25) is 9.69 Å². The molecule has 0 amide bonds. The summed E-state index contributed by atoms with van der Waals surface area (Å²) in [6, 6.07) is 0.368. The summed E-state index contributed by atoms with van der Waals surface area (Å²) in [4.78, 5) is 16.9. The van der Waals surface area contributed by atoms with Gasteiger partial charge in [-0.05, 0) is 19.3 Å². The first kappa shape index (κ1) is 12.0. The average molecular weight is 239 g/mol. The van der Waals surface area contributed by atoms with E-state index in [9.17, 15) is 4.79 Å². The Morgan fingerprint density at radius 1 is 1.59 bits per heavy atom. The van der Waals surface area contributed by atoms with E-state index < -0.39 is 5.97 Å². The Bertz CT molecular complexity index is 387. The number of hydrogen-bond acceptors (Lipinski definition) is 5. The molecule has 1 aliphatic carbocycles. The summed E-state index contributed by atoms with van der Waals surface area (Å²) in [6.07, 6.45) is 3.89. The molecule has 0 radical (unpaired) electrons. The first-order valence-corrected chi connectivity index (χ1v) is 5.96. The van der Waals surface area contributed by atoms with Crippen molar-refractivity contribution in [1.29, 1.82) is 0 Å². The molecule has 1 aliphatic rings. The van der Waals surface area contributed by atoms with Gasteiger partial charge in [-0.2, -0.15) is 4.98 Å². The first-order chi connectivity index (χ1) is 8.19. The number of nitrogens with zero attached hydrogens (tertiary/aromatic N) is 3.